The van der Waals surface area contributed by atoms with Crippen LogP contribution in [0.5, 0.6) is 0 Å². The second-order valence-corrected chi connectivity index (χ2v) is 4.93. The molecule has 18 heavy (non-hydrogen) atoms. The SMILES string of the molecule is CN(C)CCCCNc1ccc(F)cc1C(N)=S. The third kappa shape index (κ3) is 4.98. The molecule has 0 heterocycles. The molecule has 1 rings (SSSR count). The first kappa shape index (κ1) is 14.9. The van der Waals surface area contributed by atoms with Gasteiger partial charge in [0.15, 0.2) is 0 Å². The highest BCUT2D eigenvalue weighted by molar-refractivity contribution is 7.80. The van der Waals surface area contributed by atoms with Crippen LogP contribution in [-0.4, -0.2) is 37.1 Å². The fourth-order valence-corrected chi connectivity index (χ4v) is 1.82. The maximum absolute atomic E-state index is 13.1. The summed E-state index contributed by atoms with van der Waals surface area (Å²) in [7, 11) is 4.11. The summed E-state index contributed by atoms with van der Waals surface area (Å²) in [5.41, 5.74) is 6.94. The topological polar surface area (TPSA) is 41.3 Å². The number of anilines is 1. The number of nitrogens with one attached hydrogen (secondary N) is 1. The molecule has 5 heteroatoms. The third-order valence-corrected chi connectivity index (χ3v) is 2.81. The van der Waals surface area contributed by atoms with E-state index in [-0.39, 0.29) is 10.8 Å². The van der Waals surface area contributed by atoms with E-state index in [0.717, 1.165) is 31.6 Å². The second kappa shape index (κ2) is 7.28. The first-order chi connectivity index (χ1) is 8.50. The second-order valence-electron chi connectivity index (χ2n) is 4.49. The lowest BCUT2D eigenvalue weighted by Gasteiger charge is -2.12. The number of nitrogens with two attached hydrogens (primary N) is 1. The molecule has 0 aliphatic carbocycles. The molecule has 3 nitrogen and oxygen atoms in total. The number of hydrogen-bond donors (Lipinski definition) is 2. The lowest BCUT2D eigenvalue weighted by Crippen LogP contribution is -2.16. The van der Waals surface area contributed by atoms with Crippen LogP contribution in [0.3, 0.4) is 0 Å². The third-order valence-electron chi connectivity index (χ3n) is 2.59. The minimum absolute atomic E-state index is 0.213. The molecule has 0 radical (unpaired) electrons. The van der Waals surface area contributed by atoms with Gasteiger partial charge in [-0.05, 0) is 51.7 Å². The van der Waals surface area contributed by atoms with Crippen molar-refractivity contribution in [2.24, 2.45) is 5.73 Å². The number of hydrogen-bond acceptors (Lipinski definition) is 3. The van der Waals surface area contributed by atoms with E-state index >= 15 is 0 Å². The fourth-order valence-electron chi connectivity index (χ4n) is 1.65. The molecule has 1 aromatic rings. The van der Waals surface area contributed by atoms with Crippen LogP contribution in [-0.2, 0) is 0 Å². The minimum Gasteiger partial charge on any atom is -0.389 e. The van der Waals surface area contributed by atoms with E-state index in [0.29, 0.717) is 5.56 Å². The highest BCUT2D eigenvalue weighted by atomic mass is 32.1. The first-order valence-electron chi connectivity index (χ1n) is 5.98. The monoisotopic (exact) mass is 269 g/mol. The van der Waals surface area contributed by atoms with Crippen LogP contribution in [0.2, 0.25) is 0 Å². The Morgan fingerprint density at radius 3 is 2.72 bits per heavy atom. The van der Waals surface area contributed by atoms with E-state index in [9.17, 15) is 4.39 Å². The van der Waals surface area contributed by atoms with Crippen molar-refractivity contribution in [3.63, 3.8) is 0 Å². The summed E-state index contributed by atoms with van der Waals surface area (Å²) in [5.74, 6) is -0.323. The summed E-state index contributed by atoms with van der Waals surface area (Å²) in [6, 6.07) is 4.45. The summed E-state index contributed by atoms with van der Waals surface area (Å²) in [6.07, 6.45) is 2.16. The molecule has 0 saturated carbocycles. The Balaban J connectivity index is 2.49. The van der Waals surface area contributed by atoms with Crippen molar-refractivity contribution >= 4 is 22.9 Å². The molecule has 3 N–H and O–H groups in total. The van der Waals surface area contributed by atoms with Gasteiger partial charge >= 0.3 is 0 Å². The van der Waals surface area contributed by atoms with Gasteiger partial charge < -0.3 is 16.0 Å². The Hall–Kier alpha value is -1.20. The van der Waals surface area contributed by atoms with Crippen molar-refractivity contribution in [2.75, 3.05) is 32.5 Å². The van der Waals surface area contributed by atoms with Gasteiger partial charge in [-0.2, -0.15) is 0 Å². The van der Waals surface area contributed by atoms with E-state index in [1.807, 2.05) is 0 Å². The molecule has 0 bridgehead atoms. The summed E-state index contributed by atoms with van der Waals surface area (Å²) >= 11 is 4.91. The Labute approximate surface area is 113 Å². The van der Waals surface area contributed by atoms with E-state index in [4.69, 9.17) is 18.0 Å². The molecule has 0 unspecified atom stereocenters. The van der Waals surface area contributed by atoms with Crippen LogP contribution in [0.4, 0.5) is 10.1 Å². The molecule has 0 saturated heterocycles. The highest BCUT2D eigenvalue weighted by Gasteiger charge is 2.06. The summed E-state index contributed by atoms with van der Waals surface area (Å²) in [5, 5.41) is 3.24. The number of unbranched alkanes of at least 4 members (excludes halogenated alkanes) is 1. The Morgan fingerprint density at radius 1 is 1.39 bits per heavy atom. The molecular formula is C13H20FN3S. The summed E-state index contributed by atoms with van der Waals surface area (Å²) in [4.78, 5) is 2.36. The lowest BCUT2D eigenvalue weighted by molar-refractivity contribution is 0.396. The Bertz CT molecular complexity index is 407. The van der Waals surface area contributed by atoms with Crippen molar-refractivity contribution in [3.8, 4) is 0 Å². The number of halogens is 1. The van der Waals surface area contributed by atoms with Gasteiger partial charge in [-0.25, -0.2) is 4.39 Å². The van der Waals surface area contributed by atoms with Gasteiger partial charge in [-0.3, -0.25) is 0 Å². The average Bonchev–Trinajstić information content (AvgIpc) is 2.29. The molecule has 0 aliphatic rings. The molecule has 1 aromatic carbocycles. The average molecular weight is 269 g/mol. The molecule has 0 amide bonds. The van der Waals surface area contributed by atoms with Crippen LogP contribution >= 0.6 is 12.2 Å². The predicted molar refractivity (Wildman–Crippen MR) is 78.6 cm³/mol. The van der Waals surface area contributed by atoms with Gasteiger partial charge in [0, 0.05) is 17.8 Å². The van der Waals surface area contributed by atoms with E-state index in [2.05, 4.69) is 24.3 Å². The Kier molecular flexibility index (Phi) is 6.01. The van der Waals surface area contributed by atoms with Crippen LogP contribution < -0.4 is 11.1 Å². The zero-order valence-corrected chi connectivity index (χ0v) is 11.7. The lowest BCUT2D eigenvalue weighted by atomic mass is 10.1. The van der Waals surface area contributed by atoms with Gasteiger partial charge in [0.25, 0.3) is 0 Å². The smallest absolute Gasteiger partial charge is 0.124 e. The maximum atomic E-state index is 13.1. The maximum Gasteiger partial charge on any atom is 0.124 e. The number of nitrogens with zero attached hydrogens (tertiary/aromatic N) is 1. The molecule has 0 aliphatic heterocycles. The largest absolute Gasteiger partial charge is 0.389 e. The minimum atomic E-state index is -0.323. The molecule has 0 spiro atoms. The van der Waals surface area contributed by atoms with Crippen molar-refractivity contribution < 1.29 is 4.39 Å². The first-order valence-corrected chi connectivity index (χ1v) is 6.39. The summed E-state index contributed by atoms with van der Waals surface area (Å²) < 4.78 is 13.1. The van der Waals surface area contributed by atoms with E-state index < -0.39 is 0 Å². The van der Waals surface area contributed by atoms with Crippen LogP contribution in [0.15, 0.2) is 18.2 Å². The molecule has 0 aromatic heterocycles. The standard InChI is InChI=1S/C13H20FN3S/c1-17(2)8-4-3-7-16-12-6-5-10(14)9-11(12)13(15)18/h5-6,9,16H,3-4,7-8H2,1-2H3,(H2,15,18). The van der Waals surface area contributed by atoms with E-state index in [1.165, 1.54) is 12.1 Å². The van der Waals surface area contributed by atoms with Gasteiger partial charge in [0.2, 0.25) is 0 Å². The summed E-state index contributed by atoms with van der Waals surface area (Å²) in [6.45, 7) is 1.89. The van der Waals surface area contributed by atoms with Crippen LogP contribution in [0, 0.1) is 5.82 Å². The molecular weight excluding hydrogens is 249 g/mol. The van der Waals surface area contributed by atoms with Crippen molar-refractivity contribution in [1.82, 2.24) is 4.90 Å². The predicted octanol–water partition coefficient (Wildman–Crippen LogP) is 2.21. The van der Waals surface area contributed by atoms with Gasteiger partial charge in [-0.1, -0.05) is 12.2 Å². The van der Waals surface area contributed by atoms with Crippen LogP contribution in [0.25, 0.3) is 0 Å². The zero-order chi connectivity index (χ0) is 13.5. The van der Waals surface area contributed by atoms with Crippen LogP contribution in [0.1, 0.15) is 18.4 Å². The molecule has 0 atom stereocenters. The number of rotatable bonds is 7. The zero-order valence-electron chi connectivity index (χ0n) is 10.9. The van der Waals surface area contributed by atoms with Crippen molar-refractivity contribution in [2.45, 2.75) is 12.8 Å². The quantitative estimate of drug-likeness (QED) is 0.588. The number of thiocarbonyl (C=S) groups is 1. The molecule has 0 fully saturated rings. The fraction of sp³-hybridized carbons (Fsp3) is 0.462. The van der Waals surface area contributed by atoms with Gasteiger partial charge in [-0.15, -0.1) is 0 Å². The van der Waals surface area contributed by atoms with Gasteiger partial charge in [0.1, 0.15) is 10.8 Å². The number of benzene rings is 1. The van der Waals surface area contributed by atoms with Gasteiger partial charge in [0.05, 0.1) is 0 Å². The highest BCUT2D eigenvalue weighted by Crippen LogP contribution is 2.17. The Morgan fingerprint density at radius 2 is 2.11 bits per heavy atom. The van der Waals surface area contributed by atoms with Crippen molar-refractivity contribution in [3.05, 3.63) is 29.6 Å². The van der Waals surface area contributed by atoms with E-state index in [1.54, 1.807) is 6.07 Å². The van der Waals surface area contributed by atoms with Crippen molar-refractivity contribution in [1.29, 1.82) is 0 Å². The molecule has 100 valence electrons. The normalized spacial score (nSPS) is 10.7.